The van der Waals surface area contributed by atoms with Crippen molar-refractivity contribution in [1.82, 2.24) is 25.2 Å². The molecule has 0 aliphatic heterocycles. The van der Waals surface area contributed by atoms with E-state index >= 15 is 0 Å². The van der Waals surface area contributed by atoms with E-state index in [0.717, 1.165) is 11.1 Å². The van der Waals surface area contributed by atoms with Crippen LogP contribution in [0.1, 0.15) is 23.1 Å². The number of furan rings is 1. The summed E-state index contributed by atoms with van der Waals surface area (Å²) < 4.78 is 17.7. The van der Waals surface area contributed by atoms with Gasteiger partial charge in [0, 0.05) is 20.2 Å². The number of aryl methyl sites for hydroxylation is 1. The zero-order chi connectivity index (χ0) is 25.5. The molecule has 188 valence electrons. The third kappa shape index (κ3) is 5.72. The quantitative estimate of drug-likeness (QED) is 0.321. The molecule has 1 atom stereocenters. The molecule has 0 radical (unpaired) electrons. The second kappa shape index (κ2) is 11.5. The number of nitrogens with zero attached hydrogens (tertiary/aromatic N) is 4. The molecule has 2 aromatic carbocycles. The monoisotopic (exact) mass is 491 g/mol. The zero-order valence-electron chi connectivity index (χ0n) is 20.5. The molecule has 2 heterocycles. The van der Waals surface area contributed by atoms with Gasteiger partial charge in [-0.3, -0.25) is 9.59 Å². The first-order valence-electron chi connectivity index (χ1n) is 11.5. The lowest BCUT2D eigenvalue weighted by Crippen LogP contribution is -2.45. The molecule has 0 aliphatic rings. The van der Waals surface area contributed by atoms with Gasteiger partial charge < -0.3 is 24.1 Å². The third-order valence-electron chi connectivity index (χ3n) is 5.73. The summed E-state index contributed by atoms with van der Waals surface area (Å²) in [5.41, 5.74) is 2.23. The van der Waals surface area contributed by atoms with E-state index in [1.54, 1.807) is 33.3 Å². The van der Waals surface area contributed by atoms with Gasteiger partial charge in [-0.25, -0.2) is 4.68 Å². The Bertz CT molecular complexity index is 1310. The second-order valence-electron chi connectivity index (χ2n) is 8.24. The van der Waals surface area contributed by atoms with Gasteiger partial charge in [0.2, 0.25) is 5.91 Å². The van der Waals surface area contributed by atoms with Gasteiger partial charge in [0.15, 0.2) is 6.04 Å². The number of aromatic nitrogens is 3. The number of rotatable bonds is 11. The number of hydrogen-bond donors (Lipinski definition) is 1. The van der Waals surface area contributed by atoms with Crippen molar-refractivity contribution in [2.24, 2.45) is 0 Å². The van der Waals surface area contributed by atoms with Crippen molar-refractivity contribution in [3.05, 3.63) is 77.7 Å². The Morgan fingerprint density at radius 2 is 1.86 bits per heavy atom. The molecule has 0 saturated heterocycles. The minimum atomic E-state index is -1.00. The Morgan fingerprint density at radius 3 is 2.56 bits per heavy atom. The van der Waals surface area contributed by atoms with Crippen molar-refractivity contribution in [2.45, 2.75) is 26.1 Å². The Labute approximate surface area is 208 Å². The van der Waals surface area contributed by atoms with Crippen molar-refractivity contribution in [3.8, 4) is 5.75 Å². The molecular formula is C26H29N5O5. The standard InChI is InChI=1S/C26H29N5O5/c1-18-8-13-23(36-18)25(26(33)27-14-15-34-2)30(16-19-9-11-20(35-3)12-10-19)24(32)17-31-22-7-5-4-6-21(22)28-29-31/h4-13,25H,14-17H2,1-3H3,(H,27,33)/t25-/m1/s1. The van der Waals surface area contributed by atoms with Crippen LogP contribution < -0.4 is 10.1 Å². The molecule has 36 heavy (non-hydrogen) atoms. The molecule has 0 saturated carbocycles. The highest BCUT2D eigenvalue weighted by Gasteiger charge is 2.34. The fraction of sp³-hybridized carbons (Fsp3) is 0.308. The van der Waals surface area contributed by atoms with Crippen molar-refractivity contribution < 1.29 is 23.5 Å². The number of carbonyl (C=O) groups is 2. The molecule has 2 aromatic heterocycles. The molecule has 0 fully saturated rings. The van der Waals surface area contributed by atoms with E-state index in [2.05, 4.69) is 15.6 Å². The van der Waals surface area contributed by atoms with E-state index in [1.807, 2.05) is 48.5 Å². The molecule has 0 unspecified atom stereocenters. The maximum absolute atomic E-state index is 13.8. The van der Waals surface area contributed by atoms with Crippen LogP contribution in [0.4, 0.5) is 0 Å². The summed E-state index contributed by atoms with van der Waals surface area (Å²) in [5, 5.41) is 11.1. The third-order valence-corrected chi connectivity index (χ3v) is 5.73. The van der Waals surface area contributed by atoms with Crippen LogP contribution in [0.15, 0.2) is 65.1 Å². The van der Waals surface area contributed by atoms with Crippen LogP contribution in [-0.4, -0.2) is 59.1 Å². The first-order valence-corrected chi connectivity index (χ1v) is 11.5. The summed E-state index contributed by atoms with van der Waals surface area (Å²) in [7, 11) is 3.15. The van der Waals surface area contributed by atoms with Crippen LogP contribution in [0.5, 0.6) is 5.75 Å². The SMILES string of the molecule is COCCNC(=O)[C@@H](c1ccc(C)o1)N(Cc1ccc(OC)cc1)C(=O)Cn1nnc2ccccc21. The fourth-order valence-electron chi connectivity index (χ4n) is 3.90. The highest BCUT2D eigenvalue weighted by atomic mass is 16.5. The number of benzene rings is 2. The van der Waals surface area contributed by atoms with E-state index < -0.39 is 6.04 Å². The topological polar surface area (TPSA) is 112 Å². The lowest BCUT2D eigenvalue weighted by Gasteiger charge is -2.30. The van der Waals surface area contributed by atoms with E-state index in [1.165, 1.54) is 9.58 Å². The van der Waals surface area contributed by atoms with Crippen molar-refractivity contribution in [1.29, 1.82) is 0 Å². The number of fused-ring (bicyclic) bond motifs is 1. The van der Waals surface area contributed by atoms with Gasteiger partial charge in [0.25, 0.3) is 5.91 Å². The van der Waals surface area contributed by atoms with Gasteiger partial charge in [0.05, 0.1) is 19.2 Å². The molecule has 10 nitrogen and oxygen atoms in total. The highest BCUT2D eigenvalue weighted by Crippen LogP contribution is 2.27. The number of amides is 2. The molecule has 4 aromatic rings. The predicted octanol–water partition coefficient (Wildman–Crippen LogP) is 2.87. The summed E-state index contributed by atoms with van der Waals surface area (Å²) in [5.74, 6) is 1.02. The molecule has 0 aliphatic carbocycles. The Kier molecular flexibility index (Phi) is 7.96. The normalized spacial score (nSPS) is 11.9. The molecule has 10 heteroatoms. The number of methoxy groups -OCH3 is 2. The summed E-state index contributed by atoms with van der Waals surface area (Å²) in [6.45, 7) is 2.49. The number of para-hydroxylation sites is 1. The van der Waals surface area contributed by atoms with Crippen LogP contribution in [0, 0.1) is 6.92 Å². The predicted molar refractivity (Wildman–Crippen MR) is 132 cm³/mol. The van der Waals surface area contributed by atoms with Gasteiger partial charge in [-0.1, -0.05) is 29.5 Å². The number of nitrogens with one attached hydrogen (secondary N) is 1. The Hall–Kier alpha value is -4.18. The molecule has 2 amide bonds. The summed E-state index contributed by atoms with van der Waals surface area (Å²) in [6, 6.07) is 17.2. The van der Waals surface area contributed by atoms with Crippen molar-refractivity contribution in [2.75, 3.05) is 27.4 Å². The molecule has 0 spiro atoms. The molecular weight excluding hydrogens is 462 g/mol. The van der Waals surface area contributed by atoms with Gasteiger partial charge in [-0.05, 0) is 48.9 Å². The van der Waals surface area contributed by atoms with Crippen molar-refractivity contribution in [3.63, 3.8) is 0 Å². The molecule has 0 bridgehead atoms. The number of carbonyl (C=O) groups excluding carboxylic acids is 2. The van der Waals surface area contributed by atoms with E-state index in [9.17, 15) is 9.59 Å². The second-order valence-corrected chi connectivity index (χ2v) is 8.24. The van der Waals surface area contributed by atoms with Crippen LogP contribution in [0.3, 0.4) is 0 Å². The first kappa shape index (κ1) is 24.9. The summed E-state index contributed by atoms with van der Waals surface area (Å²) in [4.78, 5) is 28.7. The van der Waals surface area contributed by atoms with E-state index in [4.69, 9.17) is 13.9 Å². The van der Waals surface area contributed by atoms with Crippen LogP contribution in [0.2, 0.25) is 0 Å². The first-order chi connectivity index (χ1) is 17.5. The van der Waals surface area contributed by atoms with Gasteiger partial charge in [-0.15, -0.1) is 5.10 Å². The summed E-state index contributed by atoms with van der Waals surface area (Å²) >= 11 is 0. The van der Waals surface area contributed by atoms with Crippen LogP contribution in [0.25, 0.3) is 11.0 Å². The lowest BCUT2D eigenvalue weighted by molar-refractivity contribution is -0.143. The summed E-state index contributed by atoms with van der Waals surface area (Å²) in [6.07, 6.45) is 0. The van der Waals surface area contributed by atoms with Gasteiger partial charge in [0.1, 0.15) is 29.3 Å². The molecule has 4 rings (SSSR count). The maximum atomic E-state index is 13.8. The number of hydrogen-bond acceptors (Lipinski definition) is 7. The van der Waals surface area contributed by atoms with Crippen molar-refractivity contribution >= 4 is 22.8 Å². The zero-order valence-corrected chi connectivity index (χ0v) is 20.5. The smallest absolute Gasteiger partial charge is 0.250 e. The highest BCUT2D eigenvalue weighted by molar-refractivity contribution is 5.88. The van der Waals surface area contributed by atoms with Crippen LogP contribution >= 0.6 is 0 Å². The average Bonchev–Trinajstić information content (AvgIpc) is 3.50. The van der Waals surface area contributed by atoms with Gasteiger partial charge >= 0.3 is 0 Å². The Morgan fingerprint density at radius 1 is 1.08 bits per heavy atom. The van der Waals surface area contributed by atoms with E-state index in [0.29, 0.717) is 35.9 Å². The maximum Gasteiger partial charge on any atom is 0.250 e. The minimum Gasteiger partial charge on any atom is -0.497 e. The fourth-order valence-corrected chi connectivity index (χ4v) is 3.90. The van der Waals surface area contributed by atoms with E-state index in [-0.39, 0.29) is 24.9 Å². The largest absolute Gasteiger partial charge is 0.497 e. The van der Waals surface area contributed by atoms with Crippen LogP contribution in [-0.2, 0) is 27.4 Å². The average molecular weight is 492 g/mol. The lowest BCUT2D eigenvalue weighted by atomic mass is 10.1. The number of ether oxygens (including phenoxy) is 2. The molecule has 1 N–H and O–H groups in total. The van der Waals surface area contributed by atoms with Gasteiger partial charge in [-0.2, -0.15) is 0 Å². The minimum absolute atomic E-state index is 0.0990. The Balaban J connectivity index is 1.70.